The molecule has 4 aromatic rings. The fraction of sp³-hybridized carbons (Fsp3) is 0.150. The van der Waals surface area contributed by atoms with Gasteiger partial charge in [0.05, 0.1) is 16.8 Å². The zero-order valence-electron chi connectivity index (χ0n) is 14.7. The normalized spacial score (nSPS) is 13.8. The predicted octanol–water partition coefficient (Wildman–Crippen LogP) is 4.43. The second kappa shape index (κ2) is 6.45. The number of rotatable bonds is 4. The van der Waals surface area contributed by atoms with Crippen molar-refractivity contribution >= 4 is 34.4 Å². The second-order valence-corrected chi connectivity index (χ2v) is 7.24. The van der Waals surface area contributed by atoms with Crippen molar-refractivity contribution in [1.29, 1.82) is 0 Å². The van der Waals surface area contributed by atoms with Gasteiger partial charge < -0.3 is 11.1 Å². The Bertz CT molecular complexity index is 1200. The average Bonchev–Trinajstić information content (AvgIpc) is 3.43. The zero-order chi connectivity index (χ0) is 19.3. The number of nitrogens with zero attached hydrogens (tertiary/aromatic N) is 4. The summed E-state index contributed by atoms with van der Waals surface area (Å²) in [6.07, 6.45) is 2.18. The lowest BCUT2D eigenvalue weighted by molar-refractivity contribution is 0.625. The summed E-state index contributed by atoms with van der Waals surface area (Å²) >= 11 is 6.19. The molecule has 0 bridgehead atoms. The minimum absolute atomic E-state index is 0.341. The van der Waals surface area contributed by atoms with E-state index >= 15 is 0 Å². The monoisotopic (exact) mass is 394 g/mol. The zero-order valence-corrected chi connectivity index (χ0v) is 15.5. The van der Waals surface area contributed by atoms with Crippen LogP contribution in [0.2, 0.25) is 5.02 Å². The van der Waals surface area contributed by atoms with Crippen LogP contribution < -0.4 is 11.1 Å². The maximum absolute atomic E-state index is 13.7. The van der Waals surface area contributed by atoms with Gasteiger partial charge in [-0.1, -0.05) is 29.8 Å². The molecule has 0 radical (unpaired) electrons. The highest BCUT2D eigenvalue weighted by atomic mass is 35.5. The van der Waals surface area contributed by atoms with Gasteiger partial charge in [0, 0.05) is 16.6 Å². The molecule has 2 heterocycles. The summed E-state index contributed by atoms with van der Waals surface area (Å²) in [5.74, 6) is 0.469. The summed E-state index contributed by atoms with van der Waals surface area (Å²) in [7, 11) is 0. The van der Waals surface area contributed by atoms with Crippen LogP contribution in [0, 0.1) is 5.82 Å². The second-order valence-electron chi connectivity index (χ2n) is 6.80. The van der Waals surface area contributed by atoms with Gasteiger partial charge in [0.1, 0.15) is 11.6 Å². The van der Waals surface area contributed by atoms with Crippen LogP contribution in [-0.2, 0) is 0 Å². The number of nitrogen functional groups attached to an aromatic ring is 1. The molecule has 0 amide bonds. The summed E-state index contributed by atoms with van der Waals surface area (Å²) < 4.78 is 15.2. The summed E-state index contributed by atoms with van der Waals surface area (Å²) in [6.45, 7) is 0. The van der Waals surface area contributed by atoms with Gasteiger partial charge in [0.25, 0.3) is 0 Å². The van der Waals surface area contributed by atoms with E-state index in [-0.39, 0.29) is 5.82 Å². The standard InChI is InChI=1S/C20H16ClFN6/c21-12-4-1-3-11(9-12)17-16-18(23)28(15-6-2-5-13(22)10-15)27-19(16)26-20(25-17)24-14-7-8-14/h1-6,9-10,14H,7-8,23H2,(H,24,26,27). The first kappa shape index (κ1) is 16.9. The van der Waals surface area contributed by atoms with Crippen molar-refractivity contribution < 1.29 is 4.39 Å². The topological polar surface area (TPSA) is 81.7 Å². The molecular weight excluding hydrogens is 379 g/mol. The molecule has 2 aromatic carbocycles. The number of aromatic nitrogens is 4. The van der Waals surface area contributed by atoms with Gasteiger partial charge in [-0.3, -0.25) is 0 Å². The molecule has 1 aliphatic carbocycles. The van der Waals surface area contributed by atoms with Gasteiger partial charge in [-0.2, -0.15) is 4.98 Å². The highest BCUT2D eigenvalue weighted by molar-refractivity contribution is 6.30. The Morgan fingerprint density at radius 3 is 2.68 bits per heavy atom. The van der Waals surface area contributed by atoms with Gasteiger partial charge in [-0.05, 0) is 43.2 Å². The van der Waals surface area contributed by atoms with Gasteiger partial charge in [0.2, 0.25) is 5.95 Å². The Morgan fingerprint density at radius 2 is 1.93 bits per heavy atom. The Balaban J connectivity index is 1.76. The third-order valence-electron chi connectivity index (χ3n) is 4.63. The molecule has 6 nitrogen and oxygen atoms in total. The lowest BCUT2D eigenvalue weighted by atomic mass is 10.1. The van der Waals surface area contributed by atoms with E-state index in [1.54, 1.807) is 18.2 Å². The van der Waals surface area contributed by atoms with Crippen LogP contribution in [0.15, 0.2) is 48.5 Å². The first-order valence-electron chi connectivity index (χ1n) is 8.93. The Labute approximate surface area is 165 Å². The van der Waals surface area contributed by atoms with E-state index in [0.717, 1.165) is 18.4 Å². The van der Waals surface area contributed by atoms with Crippen LogP contribution in [0.25, 0.3) is 28.0 Å². The van der Waals surface area contributed by atoms with E-state index in [0.29, 0.717) is 45.2 Å². The molecule has 0 atom stereocenters. The highest BCUT2D eigenvalue weighted by Crippen LogP contribution is 2.34. The lowest BCUT2D eigenvalue weighted by Crippen LogP contribution is -2.06. The molecule has 5 rings (SSSR count). The fourth-order valence-electron chi connectivity index (χ4n) is 3.14. The summed E-state index contributed by atoms with van der Waals surface area (Å²) in [5.41, 5.74) is 8.81. The van der Waals surface area contributed by atoms with Crippen molar-refractivity contribution in [3.63, 3.8) is 0 Å². The number of halogens is 2. The summed E-state index contributed by atoms with van der Waals surface area (Å²) in [5, 5.41) is 9.03. The van der Waals surface area contributed by atoms with Crippen LogP contribution in [0.4, 0.5) is 16.2 Å². The maximum atomic E-state index is 13.7. The molecule has 2 aromatic heterocycles. The Hall–Kier alpha value is -3.19. The van der Waals surface area contributed by atoms with Crippen LogP contribution >= 0.6 is 11.6 Å². The van der Waals surface area contributed by atoms with Gasteiger partial charge >= 0.3 is 0 Å². The van der Waals surface area contributed by atoms with Crippen LogP contribution in [0.3, 0.4) is 0 Å². The number of nitrogens with one attached hydrogen (secondary N) is 1. The minimum Gasteiger partial charge on any atom is -0.383 e. The smallest absolute Gasteiger partial charge is 0.225 e. The molecule has 0 unspecified atom stereocenters. The summed E-state index contributed by atoms with van der Waals surface area (Å²) in [6, 6.07) is 13.9. The molecule has 8 heteroatoms. The van der Waals surface area contributed by atoms with Crippen molar-refractivity contribution in [1.82, 2.24) is 19.7 Å². The van der Waals surface area contributed by atoms with Gasteiger partial charge in [-0.15, -0.1) is 5.10 Å². The molecule has 0 spiro atoms. The largest absolute Gasteiger partial charge is 0.383 e. The number of nitrogens with two attached hydrogens (primary N) is 1. The quantitative estimate of drug-likeness (QED) is 0.535. The number of hydrogen-bond donors (Lipinski definition) is 2. The van der Waals surface area contributed by atoms with E-state index in [4.69, 9.17) is 17.3 Å². The van der Waals surface area contributed by atoms with Crippen LogP contribution in [0.5, 0.6) is 0 Å². The van der Waals surface area contributed by atoms with Gasteiger partial charge in [-0.25, -0.2) is 14.1 Å². The molecule has 0 saturated heterocycles. The highest BCUT2D eigenvalue weighted by Gasteiger charge is 2.24. The van der Waals surface area contributed by atoms with E-state index in [9.17, 15) is 4.39 Å². The minimum atomic E-state index is -0.367. The van der Waals surface area contributed by atoms with Crippen molar-refractivity contribution in [2.75, 3.05) is 11.1 Å². The molecule has 1 aliphatic rings. The van der Waals surface area contributed by atoms with E-state index < -0.39 is 0 Å². The van der Waals surface area contributed by atoms with Crippen LogP contribution in [0.1, 0.15) is 12.8 Å². The van der Waals surface area contributed by atoms with Crippen molar-refractivity contribution in [2.45, 2.75) is 18.9 Å². The van der Waals surface area contributed by atoms with E-state index in [1.165, 1.54) is 16.8 Å². The Morgan fingerprint density at radius 1 is 1.11 bits per heavy atom. The van der Waals surface area contributed by atoms with Crippen molar-refractivity contribution in [3.8, 4) is 16.9 Å². The average molecular weight is 395 g/mol. The molecule has 28 heavy (non-hydrogen) atoms. The number of hydrogen-bond acceptors (Lipinski definition) is 5. The van der Waals surface area contributed by atoms with Crippen molar-refractivity contribution in [3.05, 3.63) is 59.4 Å². The molecule has 1 saturated carbocycles. The molecule has 0 aliphatic heterocycles. The number of anilines is 2. The van der Waals surface area contributed by atoms with Crippen LogP contribution in [-0.4, -0.2) is 25.8 Å². The van der Waals surface area contributed by atoms with E-state index in [1.807, 2.05) is 18.2 Å². The van der Waals surface area contributed by atoms with Crippen molar-refractivity contribution in [2.24, 2.45) is 0 Å². The summed E-state index contributed by atoms with van der Waals surface area (Å²) in [4.78, 5) is 9.22. The molecule has 3 N–H and O–H groups in total. The Kier molecular flexibility index (Phi) is 3.91. The molecule has 140 valence electrons. The maximum Gasteiger partial charge on any atom is 0.225 e. The SMILES string of the molecule is Nc1c2c(-c3cccc(Cl)c3)nc(NC3CC3)nc2nn1-c1cccc(F)c1. The molecule has 1 fully saturated rings. The number of benzene rings is 2. The first-order chi connectivity index (χ1) is 13.6. The van der Waals surface area contributed by atoms with E-state index in [2.05, 4.69) is 20.4 Å². The third kappa shape index (κ3) is 3.03. The first-order valence-corrected chi connectivity index (χ1v) is 9.31. The molecular formula is C20H16ClFN6. The predicted molar refractivity (Wildman–Crippen MR) is 108 cm³/mol. The fourth-order valence-corrected chi connectivity index (χ4v) is 3.33. The van der Waals surface area contributed by atoms with Gasteiger partial charge in [0.15, 0.2) is 5.65 Å². The third-order valence-corrected chi connectivity index (χ3v) is 4.87. The lowest BCUT2D eigenvalue weighted by Gasteiger charge is -2.08. The number of fused-ring (bicyclic) bond motifs is 1.